The number of benzene rings is 1. The molecule has 0 saturated heterocycles. The minimum atomic E-state index is 0.609. The smallest absolute Gasteiger partial charge is 0.208 e. The van der Waals surface area contributed by atoms with E-state index in [-0.39, 0.29) is 0 Å². The molecule has 0 atom stereocenters. The molecule has 4 nitrogen and oxygen atoms in total. The quantitative estimate of drug-likeness (QED) is 0.922. The van der Waals surface area contributed by atoms with E-state index in [0.29, 0.717) is 12.4 Å². The number of hydrogen-bond donors (Lipinski definition) is 1. The zero-order chi connectivity index (χ0) is 13.0. The van der Waals surface area contributed by atoms with Gasteiger partial charge >= 0.3 is 0 Å². The van der Waals surface area contributed by atoms with E-state index >= 15 is 0 Å². The molecule has 0 aliphatic heterocycles. The Morgan fingerprint density at radius 3 is 2.89 bits per heavy atom. The Morgan fingerprint density at radius 2 is 2.22 bits per heavy atom. The molecule has 1 aromatic heterocycles. The Morgan fingerprint density at radius 1 is 1.39 bits per heavy atom. The molecule has 2 aromatic rings. The molecule has 0 aliphatic carbocycles. The zero-order valence-electron chi connectivity index (χ0n) is 10.4. The molecule has 5 heteroatoms. The number of ether oxygens (including phenoxy) is 1. The van der Waals surface area contributed by atoms with Crippen molar-refractivity contribution in [3.05, 3.63) is 46.1 Å². The second-order valence-electron chi connectivity index (χ2n) is 3.93. The maximum atomic E-state index is 5.39. The van der Waals surface area contributed by atoms with Gasteiger partial charge in [-0.1, -0.05) is 15.9 Å². The summed E-state index contributed by atoms with van der Waals surface area (Å²) < 4.78 is 11.6. The molecule has 0 amide bonds. The summed E-state index contributed by atoms with van der Waals surface area (Å²) in [6.07, 6.45) is 1.72. The molecule has 96 valence electrons. The van der Waals surface area contributed by atoms with Gasteiger partial charge in [0, 0.05) is 11.0 Å². The van der Waals surface area contributed by atoms with E-state index in [1.165, 1.54) is 0 Å². The summed E-state index contributed by atoms with van der Waals surface area (Å²) in [6.45, 7) is 3.21. The highest BCUT2D eigenvalue weighted by Crippen LogP contribution is 2.22. The summed E-state index contributed by atoms with van der Waals surface area (Å²) in [5, 5.41) is 3.28. The fourth-order valence-corrected chi connectivity index (χ4v) is 1.99. The van der Waals surface area contributed by atoms with Gasteiger partial charge in [-0.15, -0.1) is 0 Å². The van der Waals surface area contributed by atoms with Crippen molar-refractivity contribution < 1.29 is 9.15 Å². The van der Waals surface area contributed by atoms with Crippen LogP contribution in [0.4, 0.5) is 0 Å². The molecule has 2 rings (SSSR count). The molecule has 1 heterocycles. The van der Waals surface area contributed by atoms with Crippen LogP contribution in [0.2, 0.25) is 0 Å². The van der Waals surface area contributed by atoms with Crippen LogP contribution in [0.5, 0.6) is 5.75 Å². The van der Waals surface area contributed by atoms with Crippen LogP contribution in [-0.4, -0.2) is 12.1 Å². The van der Waals surface area contributed by atoms with E-state index in [2.05, 4.69) is 26.2 Å². The van der Waals surface area contributed by atoms with Crippen molar-refractivity contribution in [2.24, 2.45) is 0 Å². The molecule has 0 unspecified atom stereocenters. The summed E-state index contributed by atoms with van der Waals surface area (Å²) in [6, 6.07) is 5.90. The van der Waals surface area contributed by atoms with Crippen molar-refractivity contribution in [3.63, 3.8) is 0 Å². The Kier molecular flexibility index (Phi) is 4.38. The maximum absolute atomic E-state index is 5.39. The molecule has 0 aliphatic rings. The second kappa shape index (κ2) is 6.02. The third-order valence-corrected chi connectivity index (χ3v) is 3.29. The molecule has 0 bridgehead atoms. The molecule has 0 fully saturated rings. The molecule has 0 radical (unpaired) electrons. The largest absolute Gasteiger partial charge is 0.497 e. The number of nitrogens with zero attached hydrogens (tertiary/aromatic N) is 1. The summed E-state index contributed by atoms with van der Waals surface area (Å²) in [5.74, 6) is 2.38. The lowest BCUT2D eigenvalue weighted by Crippen LogP contribution is -2.13. The SMILES string of the molecule is COc1ccc(Br)c(CNCc2ncc(C)o2)c1. The summed E-state index contributed by atoms with van der Waals surface area (Å²) in [7, 11) is 1.66. The van der Waals surface area contributed by atoms with Crippen LogP contribution in [0.25, 0.3) is 0 Å². The van der Waals surface area contributed by atoms with Gasteiger partial charge in [0.25, 0.3) is 0 Å². The number of rotatable bonds is 5. The zero-order valence-corrected chi connectivity index (χ0v) is 12.0. The molecular formula is C13H15BrN2O2. The maximum Gasteiger partial charge on any atom is 0.208 e. The Hall–Kier alpha value is -1.33. The van der Waals surface area contributed by atoms with Crippen LogP contribution in [0.3, 0.4) is 0 Å². The van der Waals surface area contributed by atoms with Gasteiger partial charge < -0.3 is 14.5 Å². The number of oxazole rings is 1. The number of aromatic nitrogens is 1. The number of aryl methyl sites for hydroxylation is 1. The van der Waals surface area contributed by atoms with E-state index in [1.54, 1.807) is 13.3 Å². The average molecular weight is 311 g/mol. The molecule has 0 saturated carbocycles. The molecule has 18 heavy (non-hydrogen) atoms. The van der Waals surface area contributed by atoms with Gasteiger partial charge in [-0.3, -0.25) is 0 Å². The Labute approximate surface area is 114 Å². The van der Waals surface area contributed by atoms with E-state index in [9.17, 15) is 0 Å². The number of halogens is 1. The topological polar surface area (TPSA) is 47.3 Å². The fourth-order valence-electron chi connectivity index (χ4n) is 1.60. The van der Waals surface area contributed by atoms with E-state index in [0.717, 1.165) is 28.1 Å². The highest BCUT2D eigenvalue weighted by Gasteiger charge is 2.04. The van der Waals surface area contributed by atoms with Crippen LogP contribution < -0.4 is 10.1 Å². The first-order valence-corrected chi connectivity index (χ1v) is 6.43. The minimum Gasteiger partial charge on any atom is -0.497 e. The van der Waals surface area contributed by atoms with Crippen LogP contribution >= 0.6 is 15.9 Å². The van der Waals surface area contributed by atoms with Crippen LogP contribution in [0.15, 0.2) is 33.3 Å². The summed E-state index contributed by atoms with van der Waals surface area (Å²) >= 11 is 3.52. The van der Waals surface area contributed by atoms with Crippen molar-refractivity contribution in [1.82, 2.24) is 10.3 Å². The first kappa shape index (κ1) is 13.1. The van der Waals surface area contributed by atoms with Gasteiger partial charge in [-0.05, 0) is 30.7 Å². The predicted molar refractivity (Wildman–Crippen MR) is 72.5 cm³/mol. The first-order chi connectivity index (χ1) is 8.69. The average Bonchev–Trinajstić information content (AvgIpc) is 2.77. The fraction of sp³-hybridized carbons (Fsp3) is 0.308. The van der Waals surface area contributed by atoms with Gasteiger partial charge in [-0.2, -0.15) is 0 Å². The third-order valence-electron chi connectivity index (χ3n) is 2.51. The lowest BCUT2D eigenvalue weighted by molar-refractivity contribution is 0.413. The van der Waals surface area contributed by atoms with Gasteiger partial charge in [0.1, 0.15) is 11.5 Å². The second-order valence-corrected chi connectivity index (χ2v) is 4.78. The number of hydrogen-bond acceptors (Lipinski definition) is 4. The molecule has 0 spiro atoms. The highest BCUT2D eigenvalue weighted by atomic mass is 79.9. The van der Waals surface area contributed by atoms with Crippen molar-refractivity contribution in [3.8, 4) is 5.75 Å². The Balaban J connectivity index is 1.93. The van der Waals surface area contributed by atoms with Crippen molar-refractivity contribution in [2.75, 3.05) is 7.11 Å². The third kappa shape index (κ3) is 3.34. The normalized spacial score (nSPS) is 10.6. The Bertz CT molecular complexity index is 525. The monoisotopic (exact) mass is 310 g/mol. The summed E-state index contributed by atoms with van der Waals surface area (Å²) in [5.41, 5.74) is 1.14. The van der Waals surface area contributed by atoms with Crippen molar-refractivity contribution in [1.29, 1.82) is 0 Å². The van der Waals surface area contributed by atoms with E-state index < -0.39 is 0 Å². The predicted octanol–water partition coefficient (Wildman–Crippen LogP) is 3.04. The standard InChI is InChI=1S/C13H15BrN2O2/c1-9-6-16-13(18-9)8-15-7-10-5-11(17-2)3-4-12(10)14/h3-6,15H,7-8H2,1-2H3. The van der Waals surface area contributed by atoms with Crippen LogP contribution in [0, 0.1) is 6.92 Å². The van der Waals surface area contributed by atoms with Gasteiger partial charge in [0.2, 0.25) is 5.89 Å². The van der Waals surface area contributed by atoms with Gasteiger partial charge in [-0.25, -0.2) is 4.98 Å². The highest BCUT2D eigenvalue weighted by molar-refractivity contribution is 9.10. The van der Waals surface area contributed by atoms with E-state index in [4.69, 9.17) is 9.15 Å². The first-order valence-electron chi connectivity index (χ1n) is 5.63. The lowest BCUT2D eigenvalue weighted by Gasteiger charge is -2.07. The molecule has 1 aromatic carbocycles. The minimum absolute atomic E-state index is 0.609. The van der Waals surface area contributed by atoms with E-state index in [1.807, 2.05) is 25.1 Å². The van der Waals surface area contributed by atoms with Crippen LogP contribution in [0.1, 0.15) is 17.2 Å². The molecule has 1 N–H and O–H groups in total. The van der Waals surface area contributed by atoms with Crippen molar-refractivity contribution in [2.45, 2.75) is 20.0 Å². The number of nitrogens with one attached hydrogen (secondary N) is 1. The number of methoxy groups -OCH3 is 1. The van der Waals surface area contributed by atoms with Gasteiger partial charge in [0.15, 0.2) is 0 Å². The molecular weight excluding hydrogens is 296 g/mol. The van der Waals surface area contributed by atoms with Gasteiger partial charge in [0.05, 0.1) is 19.9 Å². The lowest BCUT2D eigenvalue weighted by atomic mass is 10.2. The van der Waals surface area contributed by atoms with Crippen LogP contribution in [-0.2, 0) is 13.1 Å². The summed E-state index contributed by atoms with van der Waals surface area (Å²) in [4.78, 5) is 4.14. The van der Waals surface area contributed by atoms with Crippen molar-refractivity contribution >= 4 is 15.9 Å².